The van der Waals surface area contributed by atoms with E-state index in [-0.39, 0.29) is 12.9 Å². The fourth-order valence-electron chi connectivity index (χ4n) is 2.32. The molecule has 1 fully saturated rings. The molecule has 4 heteroatoms. The Hall–Kier alpha value is -1.65. The first kappa shape index (κ1) is 15.7. The van der Waals surface area contributed by atoms with Crippen LogP contribution in [0.3, 0.4) is 0 Å². The number of benzene rings is 1. The zero-order valence-corrected chi connectivity index (χ0v) is 12.9. The van der Waals surface area contributed by atoms with Gasteiger partial charge in [0.25, 0.3) is 0 Å². The molecule has 1 heterocycles. The highest BCUT2D eigenvalue weighted by Gasteiger charge is 2.24. The van der Waals surface area contributed by atoms with E-state index >= 15 is 0 Å². The molecule has 0 unspecified atom stereocenters. The van der Waals surface area contributed by atoms with Gasteiger partial charge < -0.3 is 9.31 Å². The molecule has 1 aromatic rings. The minimum absolute atomic E-state index is 0.0464. The van der Waals surface area contributed by atoms with Gasteiger partial charge in [-0.3, -0.25) is 4.79 Å². The number of carbonyl (C=O) groups excluding carboxylic acids is 1. The highest BCUT2D eigenvalue weighted by molar-refractivity contribution is 6.61. The van der Waals surface area contributed by atoms with E-state index < -0.39 is 0 Å². The van der Waals surface area contributed by atoms with Crippen molar-refractivity contribution in [3.63, 3.8) is 0 Å². The first-order valence-corrected chi connectivity index (χ1v) is 7.34. The molecule has 0 N–H and O–H groups in total. The Morgan fingerprint density at radius 2 is 1.71 bits per heavy atom. The minimum Gasteiger partial charge on any atom is -0.407 e. The Kier molecular flexibility index (Phi) is 5.54. The first-order valence-electron chi connectivity index (χ1n) is 7.34. The van der Waals surface area contributed by atoms with E-state index in [0.717, 1.165) is 23.0 Å². The molecule has 21 heavy (non-hydrogen) atoms. The molecule has 0 amide bonds. The quantitative estimate of drug-likeness (QED) is 0.369. The standard InChI is InChI=1S/C17H21BO3/c1-4-13(3)16(5-2)17(19)14-7-9-15(10-8-14)18-20-11-6-12-21-18/h4-5,7-10H,6,11-12H2,1-3H3. The molecule has 0 aromatic heterocycles. The van der Waals surface area contributed by atoms with Crippen LogP contribution in [0.4, 0.5) is 0 Å². The SMILES string of the molecule is CC=C(C)C(=CC)C(=O)c1ccc(B2OCCCO2)cc1. The normalized spacial score (nSPS) is 17.0. The van der Waals surface area contributed by atoms with Crippen LogP contribution in [0, 0.1) is 0 Å². The van der Waals surface area contributed by atoms with E-state index in [1.165, 1.54) is 0 Å². The van der Waals surface area contributed by atoms with E-state index in [0.29, 0.717) is 18.8 Å². The van der Waals surface area contributed by atoms with Crippen molar-refractivity contribution in [3.05, 3.63) is 53.1 Å². The summed E-state index contributed by atoms with van der Waals surface area (Å²) >= 11 is 0. The van der Waals surface area contributed by atoms with Gasteiger partial charge in [0.2, 0.25) is 0 Å². The van der Waals surface area contributed by atoms with Crippen LogP contribution in [0.1, 0.15) is 37.6 Å². The van der Waals surface area contributed by atoms with Gasteiger partial charge in [-0.1, -0.05) is 36.4 Å². The molecule has 0 saturated carbocycles. The van der Waals surface area contributed by atoms with Crippen molar-refractivity contribution < 1.29 is 14.1 Å². The Morgan fingerprint density at radius 3 is 2.24 bits per heavy atom. The Bertz CT molecular complexity index is 552. The molecule has 1 saturated heterocycles. The lowest BCUT2D eigenvalue weighted by atomic mass is 9.77. The summed E-state index contributed by atoms with van der Waals surface area (Å²) < 4.78 is 11.1. The zero-order valence-electron chi connectivity index (χ0n) is 12.9. The van der Waals surface area contributed by atoms with Gasteiger partial charge in [-0.15, -0.1) is 0 Å². The van der Waals surface area contributed by atoms with Crippen LogP contribution in [0.2, 0.25) is 0 Å². The average Bonchev–Trinajstić information content (AvgIpc) is 2.56. The third-order valence-electron chi connectivity index (χ3n) is 3.66. The van der Waals surface area contributed by atoms with Gasteiger partial charge in [0, 0.05) is 24.4 Å². The summed E-state index contributed by atoms with van der Waals surface area (Å²) in [5.74, 6) is 0.0464. The highest BCUT2D eigenvalue weighted by Crippen LogP contribution is 2.16. The Labute approximate surface area is 126 Å². The van der Waals surface area contributed by atoms with Crippen LogP contribution in [0.25, 0.3) is 0 Å². The zero-order chi connectivity index (χ0) is 15.2. The molecule has 3 nitrogen and oxygen atoms in total. The van der Waals surface area contributed by atoms with Crippen molar-refractivity contribution in [2.75, 3.05) is 13.2 Å². The van der Waals surface area contributed by atoms with Crippen molar-refractivity contribution in [3.8, 4) is 0 Å². The smallest absolute Gasteiger partial charge is 0.407 e. The van der Waals surface area contributed by atoms with Crippen molar-refractivity contribution in [1.82, 2.24) is 0 Å². The lowest BCUT2D eigenvalue weighted by Gasteiger charge is -2.20. The summed E-state index contributed by atoms with van der Waals surface area (Å²) in [5.41, 5.74) is 3.38. The fraction of sp³-hybridized carbons (Fsp3) is 0.353. The summed E-state index contributed by atoms with van der Waals surface area (Å²) in [6.45, 7) is 7.21. The number of rotatable bonds is 4. The number of hydrogen-bond acceptors (Lipinski definition) is 3. The van der Waals surface area contributed by atoms with Crippen molar-refractivity contribution in [1.29, 1.82) is 0 Å². The second kappa shape index (κ2) is 7.39. The summed E-state index contributed by atoms with van der Waals surface area (Å²) in [5, 5.41) is 0. The van der Waals surface area contributed by atoms with E-state index in [4.69, 9.17) is 9.31 Å². The second-order valence-corrected chi connectivity index (χ2v) is 5.05. The van der Waals surface area contributed by atoms with Gasteiger partial charge in [0.15, 0.2) is 5.78 Å². The molecule has 0 spiro atoms. The van der Waals surface area contributed by atoms with Gasteiger partial charge in [0.05, 0.1) is 0 Å². The minimum atomic E-state index is -0.304. The van der Waals surface area contributed by atoms with Crippen LogP contribution >= 0.6 is 0 Å². The number of carbonyl (C=O) groups is 1. The maximum absolute atomic E-state index is 12.5. The molecule has 1 aliphatic rings. The number of ketones is 1. The Balaban J connectivity index is 2.16. The van der Waals surface area contributed by atoms with Crippen LogP contribution in [0.5, 0.6) is 0 Å². The molecule has 2 rings (SSSR count). The van der Waals surface area contributed by atoms with E-state index in [1.807, 2.05) is 57.2 Å². The molecule has 0 bridgehead atoms. The third kappa shape index (κ3) is 3.71. The lowest BCUT2D eigenvalue weighted by Crippen LogP contribution is -2.40. The van der Waals surface area contributed by atoms with Crippen molar-refractivity contribution in [2.24, 2.45) is 0 Å². The molecule has 1 aliphatic heterocycles. The van der Waals surface area contributed by atoms with Gasteiger partial charge in [-0.05, 0) is 38.2 Å². The maximum atomic E-state index is 12.5. The third-order valence-corrected chi connectivity index (χ3v) is 3.66. The number of allylic oxidation sites excluding steroid dienone is 4. The number of hydrogen-bond donors (Lipinski definition) is 0. The first-order chi connectivity index (χ1) is 10.2. The second-order valence-electron chi connectivity index (χ2n) is 5.05. The van der Waals surface area contributed by atoms with Gasteiger partial charge >= 0.3 is 7.12 Å². The molecule has 0 atom stereocenters. The van der Waals surface area contributed by atoms with Gasteiger partial charge in [-0.2, -0.15) is 0 Å². The fourth-order valence-corrected chi connectivity index (χ4v) is 2.32. The summed E-state index contributed by atoms with van der Waals surface area (Å²) in [6.07, 6.45) is 4.74. The Morgan fingerprint density at radius 1 is 1.10 bits per heavy atom. The van der Waals surface area contributed by atoms with E-state index in [1.54, 1.807) is 0 Å². The van der Waals surface area contributed by atoms with Crippen LogP contribution in [0.15, 0.2) is 47.6 Å². The van der Waals surface area contributed by atoms with Crippen molar-refractivity contribution >= 4 is 18.4 Å². The largest absolute Gasteiger partial charge is 0.493 e. The molecule has 0 radical (unpaired) electrons. The molecule has 0 aliphatic carbocycles. The molecule has 110 valence electrons. The van der Waals surface area contributed by atoms with Crippen molar-refractivity contribution in [2.45, 2.75) is 27.2 Å². The molecular weight excluding hydrogens is 263 g/mol. The average molecular weight is 284 g/mol. The molecule has 1 aromatic carbocycles. The van der Waals surface area contributed by atoms with Crippen LogP contribution in [-0.2, 0) is 9.31 Å². The maximum Gasteiger partial charge on any atom is 0.493 e. The summed E-state index contributed by atoms with van der Waals surface area (Å²) in [4.78, 5) is 12.5. The van der Waals surface area contributed by atoms with Gasteiger partial charge in [0.1, 0.15) is 0 Å². The van der Waals surface area contributed by atoms with Crippen LogP contribution < -0.4 is 5.46 Å². The summed E-state index contributed by atoms with van der Waals surface area (Å²) in [7, 11) is -0.304. The number of Topliss-reactive ketones (excluding diaryl/α,β-unsaturated/α-hetero) is 1. The highest BCUT2D eigenvalue weighted by atomic mass is 16.6. The predicted molar refractivity (Wildman–Crippen MR) is 85.9 cm³/mol. The van der Waals surface area contributed by atoms with Gasteiger partial charge in [-0.25, -0.2) is 0 Å². The van der Waals surface area contributed by atoms with Crippen LogP contribution in [-0.4, -0.2) is 26.1 Å². The summed E-state index contributed by atoms with van der Waals surface area (Å²) in [6, 6.07) is 7.49. The lowest BCUT2D eigenvalue weighted by molar-refractivity contribution is 0.103. The monoisotopic (exact) mass is 284 g/mol. The predicted octanol–water partition coefficient (Wildman–Crippen LogP) is 2.91. The topological polar surface area (TPSA) is 35.5 Å². The molecular formula is C17H21BO3. The van der Waals surface area contributed by atoms with E-state index in [9.17, 15) is 4.79 Å². The van der Waals surface area contributed by atoms with E-state index in [2.05, 4.69) is 0 Å².